The minimum Gasteiger partial charge on any atom is -0.477 e. The Balaban J connectivity index is 3.20. The normalized spacial score (nSPS) is 21.0. The fraction of sp³-hybridized carbons (Fsp3) is 0.429. The number of esters is 1. The zero-order valence-corrected chi connectivity index (χ0v) is 6.75. The van der Waals surface area contributed by atoms with Gasteiger partial charge >= 0.3 is 11.9 Å². The molecule has 1 aliphatic heterocycles. The number of nitrogens with two attached hydrogens (primary N) is 1. The van der Waals surface area contributed by atoms with Gasteiger partial charge in [-0.2, -0.15) is 0 Å². The van der Waals surface area contributed by atoms with Gasteiger partial charge in [0.15, 0.2) is 5.57 Å². The van der Waals surface area contributed by atoms with Crippen molar-refractivity contribution in [2.75, 3.05) is 0 Å². The molecule has 1 heterocycles. The fourth-order valence-corrected chi connectivity index (χ4v) is 0.951. The molecule has 0 saturated carbocycles. The number of carboxylic acid groups (broad SMARTS) is 1. The van der Waals surface area contributed by atoms with Gasteiger partial charge in [-0.3, -0.25) is 0 Å². The standard InChI is InChI=1S/C7H9NO4/c1-7(2)4(8)3(5(9)10)6(11)12-7/h8H2,1-2H3,(H,9,10). The van der Waals surface area contributed by atoms with E-state index in [2.05, 4.69) is 0 Å². The van der Waals surface area contributed by atoms with Crippen molar-refractivity contribution in [3.63, 3.8) is 0 Å². The molecule has 0 aromatic heterocycles. The molecule has 3 N–H and O–H groups in total. The molecule has 0 atom stereocenters. The average molecular weight is 171 g/mol. The Bertz CT molecular complexity index is 290. The summed E-state index contributed by atoms with van der Waals surface area (Å²) in [7, 11) is 0. The molecule has 0 aliphatic carbocycles. The first-order valence-corrected chi connectivity index (χ1v) is 3.33. The first kappa shape index (κ1) is 8.58. The maximum atomic E-state index is 10.9. The van der Waals surface area contributed by atoms with Gasteiger partial charge in [0.1, 0.15) is 5.60 Å². The van der Waals surface area contributed by atoms with Gasteiger partial charge in [0.05, 0.1) is 5.70 Å². The third-order valence-electron chi connectivity index (χ3n) is 1.68. The van der Waals surface area contributed by atoms with E-state index in [4.69, 9.17) is 15.6 Å². The van der Waals surface area contributed by atoms with Crippen LogP contribution in [0.25, 0.3) is 0 Å². The maximum absolute atomic E-state index is 10.9. The van der Waals surface area contributed by atoms with Crippen molar-refractivity contribution in [2.24, 2.45) is 5.73 Å². The van der Waals surface area contributed by atoms with Gasteiger partial charge in [-0.1, -0.05) is 0 Å². The minimum absolute atomic E-state index is 0.0278. The van der Waals surface area contributed by atoms with Gasteiger partial charge in [-0.25, -0.2) is 9.59 Å². The van der Waals surface area contributed by atoms with Crippen LogP contribution in [0.1, 0.15) is 13.8 Å². The number of hydrogen-bond acceptors (Lipinski definition) is 4. The smallest absolute Gasteiger partial charge is 0.348 e. The number of ether oxygens (including phenoxy) is 1. The van der Waals surface area contributed by atoms with Gasteiger partial charge in [0.2, 0.25) is 0 Å². The number of rotatable bonds is 1. The molecule has 12 heavy (non-hydrogen) atoms. The zero-order valence-electron chi connectivity index (χ0n) is 6.75. The fourth-order valence-electron chi connectivity index (χ4n) is 0.951. The molecule has 0 fully saturated rings. The highest BCUT2D eigenvalue weighted by Crippen LogP contribution is 2.28. The molecule has 0 aromatic rings. The van der Waals surface area contributed by atoms with E-state index >= 15 is 0 Å². The molecule has 1 rings (SSSR count). The molecule has 0 radical (unpaired) electrons. The van der Waals surface area contributed by atoms with Crippen LogP contribution in [0.3, 0.4) is 0 Å². The number of carbonyl (C=O) groups is 2. The largest absolute Gasteiger partial charge is 0.477 e. The van der Waals surface area contributed by atoms with Crippen molar-refractivity contribution in [2.45, 2.75) is 19.4 Å². The predicted molar refractivity (Wildman–Crippen MR) is 39.0 cm³/mol. The third-order valence-corrected chi connectivity index (χ3v) is 1.68. The monoisotopic (exact) mass is 171 g/mol. The molecule has 0 saturated heterocycles. The summed E-state index contributed by atoms with van der Waals surface area (Å²) in [5, 5.41) is 8.55. The van der Waals surface area contributed by atoms with Crippen molar-refractivity contribution in [1.82, 2.24) is 0 Å². The van der Waals surface area contributed by atoms with E-state index in [1.807, 2.05) is 0 Å². The lowest BCUT2D eigenvalue weighted by atomic mass is 10.0. The van der Waals surface area contributed by atoms with Crippen LogP contribution in [0.15, 0.2) is 11.3 Å². The van der Waals surface area contributed by atoms with Crippen LogP contribution in [0.4, 0.5) is 0 Å². The molecule has 0 spiro atoms. The van der Waals surface area contributed by atoms with Crippen LogP contribution in [-0.2, 0) is 14.3 Å². The van der Waals surface area contributed by atoms with Crippen molar-refractivity contribution >= 4 is 11.9 Å². The second-order valence-electron chi connectivity index (χ2n) is 2.99. The average Bonchev–Trinajstić information content (AvgIpc) is 2.02. The van der Waals surface area contributed by atoms with Gasteiger partial charge in [-0.05, 0) is 13.8 Å². The molecule has 0 amide bonds. The summed E-state index contributed by atoms with van der Waals surface area (Å²) >= 11 is 0. The summed E-state index contributed by atoms with van der Waals surface area (Å²) in [6.07, 6.45) is 0. The maximum Gasteiger partial charge on any atom is 0.348 e. The van der Waals surface area contributed by atoms with E-state index < -0.39 is 23.1 Å². The van der Waals surface area contributed by atoms with Crippen molar-refractivity contribution in [3.05, 3.63) is 11.3 Å². The van der Waals surface area contributed by atoms with Gasteiger partial charge in [0, 0.05) is 0 Å². The second-order valence-corrected chi connectivity index (χ2v) is 2.99. The summed E-state index contributed by atoms with van der Waals surface area (Å²) in [4.78, 5) is 21.4. The molecular formula is C7H9NO4. The molecule has 0 unspecified atom stereocenters. The van der Waals surface area contributed by atoms with Crippen LogP contribution < -0.4 is 5.73 Å². The molecule has 0 bridgehead atoms. The summed E-state index contributed by atoms with van der Waals surface area (Å²) < 4.78 is 4.72. The highest BCUT2D eigenvalue weighted by molar-refractivity contribution is 6.15. The highest BCUT2D eigenvalue weighted by atomic mass is 16.6. The Morgan fingerprint density at radius 3 is 2.25 bits per heavy atom. The predicted octanol–water partition coefficient (Wildman–Crippen LogP) is -0.381. The van der Waals surface area contributed by atoms with Crippen LogP contribution in [0.2, 0.25) is 0 Å². The Morgan fingerprint density at radius 1 is 1.58 bits per heavy atom. The molecule has 1 aliphatic rings. The minimum atomic E-state index is -1.34. The lowest BCUT2D eigenvalue weighted by Gasteiger charge is -2.17. The summed E-state index contributed by atoms with van der Waals surface area (Å²) in [6.45, 7) is 3.08. The third kappa shape index (κ3) is 1.03. The lowest BCUT2D eigenvalue weighted by Crippen LogP contribution is -2.27. The van der Waals surface area contributed by atoms with Crippen molar-refractivity contribution < 1.29 is 19.4 Å². The molecule has 5 heteroatoms. The number of carbonyl (C=O) groups excluding carboxylic acids is 1. The van der Waals surface area contributed by atoms with E-state index in [9.17, 15) is 9.59 Å². The topological polar surface area (TPSA) is 89.6 Å². The molecule has 0 aromatic carbocycles. The first-order valence-electron chi connectivity index (χ1n) is 3.33. The van der Waals surface area contributed by atoms with Crippen molar-refractivity contribution in [3.8, 4) is 0 Å². The Labute approximate surface area is 68.8 Å². The Hall–Kier alpha value is -1.52. The summed E-state index contributed by atoms with van der Waals surface area (Å²) in [5.41, 5.74) is 3.92. The number of aliphatic carboxylic acids is 1. The van der Waals surface area contributed by atoms with Crippen LogP contribution in [-0.4, -0.2) is 22.6 Å². The number of hydrogen-bond donors (Lipinski definition) is 2. The van der Waals surface area contributed by atoms with Gasteiger partial charge in [0.25, 0.3) is 0 Å². The SMILES string of the molecule is CC1(C)OC(=O)C(C(=O)O)=C1N. The van der Waals surface area contributed by atoms with E-state index in [0.717, 1.165) is 0 Å². The molecule has 66 valence electrons. The highest BCUT2D eigenvalue weighted by Gasteiger charge is 2.42. The number of cyclic esters (lactones) is 1. The second kappa shape index (κ2) is 2.23. The van der Waals surface area contributed by atoms with E-state index in [-0.39, 0.29) is 5.70 Å². The Kier molecular flexibility index (Phi) is 1.59. The summed E-state index contributed by atoms with van der Waals surface area (Å²) in [6, 6.07) is 0. The quantitative estimate of drug-likeness (QED) is 0.414. The van der Waals surface area contributed by atoms with E-state index in [0.29, 0.717) is 0 Å². The van der Waals surface area contributed by atoms with E-state index in [1.165, 1.54) is 13.8 Å². The van der Waals surface area contributed by atoms with E-state index in [1.54, 1.807) is 0 Å². The van der Waals surface area contributed by atoms with Crippen molar-refractivity contribution in [1.29, 1.82) is 0 Å². The molecule has 5 nitrogen and oxygen atoms in total. The number of carboxylic acids is 1. The Morgan fingerprint density at radius 2 is 2.08 bits per heavy atom. The lowest BCUT2D eigenvalue weighted by molar-refractivity contribution is -0.147. The van der Waals surface area contributed by atoms with Crippen LogP contribution >= 0.6 is 0 Å². The van der Waals surface area contributed by atoms with Gasteiger partial charge < -0.3 is 15.6 Å². The van der Waals surface area contributed by atoms with Crippen LogP contribution in [0.5, 0.6) is 0 Å². The molecular weight excluding hydrogens is 162 g/mol. The van der Waals surface area contributed by atoms with Gasteiger partial charge in [-0.15, -0.1) is 0 Å². The first-order chi connectivity index (χ1) is 5.36. The summed E-state index contributed by atoms with van der Waals surface area (Å²) in [5.74, 6) is -2.21. The van der Waals surface area contributed by atoms with Crippen LogP contribution in [0, 0.1) is 0 Å². The zero-order chi connectivity index (χ0) is 9.52.